The third kappa shape index (κ3) is 2.49. The fraction of sp³-hybridized carbons (Fsp3) is 0.154. The Morgan fingerprint density at radius 2 is 2.12 bits per heavy atom. The molecular weight excluding hydrogens is 254 g/mol. The minimum absolute atomic E-state index is 0.563. The van der Waals surface area contributed by atoms with Crippen molar-refractivity contribution in [3.05, 3.63) is 46.8 Å². The van der Waals surface area contributed by atoms with Crippen molar-refractivity contribution in [1.29, 1.82) is 0 Å². The molecule has 2 aromatic rings. The fourth-order valence-electron chi connectivity index (χ4n) is 1.55. The van der Waals surface area contributed by atoms with Gasteiger partial charge in [-0.25, -0.2) is 4.85 Å². The van der Waals surface area contributed by atoms with Crippen molar-refractivity contribution < 1.29 is 4.74 Å². The summed E-state index contributed by atoms with van der Waals surface area (Å²) < 4.78 is 5.52. The SMILES string of the molecule is [C-]#[N+]c1ccc2ccc(OCSC)c(Cl)c2c1. The van der Waals surface area contributed by atoms with Crippen LogP contribution in [0.1, 0.15) is 0 Å². The standard InChI is InChI=1S/C13H10ClNOS/c1-15-10-5-3-9-4-6-12(16-8-17-2)13(14)11(9)7-10/h3-7H,8H2,2H3. The third-order valence-corrected chi connectivity index (χ3v) is 3.11. The molecule has 86 valence electrons. The smallest absolute Gasteiger partial charge is 0.187 e. The van der Waals surface area contributed by atoms with E-state index in [1.54, 1.807) is 23.9 Å². The predicted octanol–water partition coefficient (Wildman–Crippen LogP) is 4.74. The lowest BCUT2D eigenvalue weighted by Gasteiger charge is -2.09. The van der Waals surface area contributed by atoms with Gasteiger partial charge in [0.1, 0.15) is 11.7 Å². The minimum atomic E-state index is 0.563. The Hall–Kier alpha value is -1.37. The zero-order valence-corrected chi connectivity index (χ0v) is 10.8. The Morgan fingerprint density at radius 1 is 1.35 bits per heavy atom. The molecule has 0 atom stereocenters. The van der Waals surface area contributed by atoms with E-state index in [0.717, 1.165) is 10.8 Å². The average molecular weight is 264 g/mol. The number of benzene rings is 2. The number of fused-ring (bicyclic) bond motifs is 1. The van der Waals surface area contributed by atoms with E-state index in [-0.39, 0.29) is 0 Å². The molecule has 0 fully saturated rings. The van der Waals surface area contributed by atoms with E-state index in [9.17, 15) is 0 Å². The second-order valence-electron chi connectivity index (χ2n) is 3.45. The Bertz CT molecular complexity index is 592. The van der Waals surface area contributed by atoms with E-state index in [0.29, 0.717) is 22.4 Å². The molecule has 0 saturated carbocycles. The molecule has 2 aromatic carbocycles. The molecule has 2 nitrogen and oxygen atoms in total. The first-order valence-electron chi connectivity index (χ1n) is 4.97. The molecule has 4 heteroatoms. The van der Waals surface area contributed by atoms with Gasteiger partial charge < -0.3 is 4.74 Å². The van der Waals surface area contributed by atoms with Crippen LogP contribution in [0.2, 0.25) is 5.02 Å². The van der Waals surface area contributed by atoms with E-state index in [4.69, 9.17) is 22.9 Å². The van der Waals surface area contributed by atoms with E-state index >= 15 is 0 Å². The average Bonchev–Trinajstić information content (AvgIpc) is 2.38. The molecule has 2 rings (SSSR count). The van der Waals surface area contributed by atoms with Gasteiger partial charge in [-0.2, -0.15) is 0 Å². The number of ether oxygens (including phenoxy) is 1. The summed E-state index contributed by atoms with van der Waals surface area (Å²) in [5.41, 5.74) is 0.585. The molecule has 0 aliphatic heterocycles. The minimum Gasteiger partial charge on any atom is -0.481 e. The molecule has 0 N–H and O–H groups in total. The van der Waals surface area contributed by atoms with E-state index < -0.39 is 0 Å². The number of nitrogens with zero attached hydrogens (tertiary/aromatic N) is 1. The summed E-state index contributed by atoms with van der Waals surface area (Å²) in [7, 11) is 0. The van der Waals surface area contributed by atoms with Crippen LogP contribution in [-0.4, -0.2) is 12.2 Å². The first kappa shape index (κ1) is 12.1. The topological polar surface area (TPSA) is 13.6 Å². The number of halogens is 1. The van der Waals surface area contributed by atoms with Crippen molar-refractivity contribution in [2.24, 2.45) is 0 Å². The lowest BCUT2D eigenvalue weighted by molar-refractivity contribution is 0.394. The number of hydrogen-bond donors (Lipinski definition) is 0. The summed E-state index contributed by atoms with van der Waals surface area (Å²) in [6, 6.07) is 9.28. The fourth-order valence-corrected chi connectivity index (χ4v) is 2.08. The van der Waals surface area contributed by atoms with Crippen LogP contribution in [0.4, 0.5) is 5.69 Å². The molecular formula is C13H10ClNOS. The maximum absolute atomic E-state index is 7.00. The van der Waals surface area contributed by atoms with Gasteiger partial charge in [0, 0.05) is 0 Å². The first-order valence-corrected chi connectivity index (χ1v) is 6.75. The van der Waals surface area contributed by atoms with Crippen molar-refractivity contribution in [1.82, 2.24) is 0 Å². The monoisotopic (exact) mass is 263 g/mol. The quantitative estimate of drug-likeness (QED) is 0.586. The molecule has 0 heterocycles. The van der Waals surface area contributed by atoms with Gasteiger partial charge in [0.2, 0.25) is 0 Å². The number of hydrogen-bond acceptors (Lipinski definition) is 2. The molecule has 0 amide bonds. The molecule has 0 aromatic heterocycles. The molecule has 0 spiro atoms. The van der Waals surface area contributed by atoms with Gasteiger partial charge in [-0.05, 0) is 29.2 Å². The van der Waals surface area contributed by atoms with Crippen LogP contribution in [0.3, 0.4) is 0 Å². The maximum atomic E-state index is 7.00. The van der Waals surface area contributed by atoms with Crippen LogP contribution in [0.5, 0.6) is 5.75 Å². The van der Waals surface area contributed by atoms with Gasteiger partial charge in [0.25, 0.3) is 0 Å². The summed E-state index contributed by atoms with van der Waals surface area (Å²) in [4.78, 5) is 3.40. The Balaban J connectivity index is 2.53. The van der Waals surface area contributed by atoms with Crippen molar-refractivity contribution in [2.75, 3.05) is 12.2 Å². The molecule has 0 unspecified atom stereocenters. The molecule has 0 bridgehead atoms. The largest absolute Gasteiger partial charge is 0.481 e. The lowest BCUT2D eigenvalue weighted by Crippen LogP contribution is -1.92. The van der Waals surface area contributed by atoms with Gasteiger partial charge in [0.05, 0.1) is 11.6 Å². The number of rotatable bonds is 3. The molecule has 17 heavy (non-hydrogen) atoms. The van der Waals surface area contributed by atoms with Crippen LogP contribution >= 0.6 is 23.4 Å². The molecule has 0 aliphatic rings. The van der Waals surface area contributed by atoms with Crippen molar-refractivity contribution in [3.63, 3.8) is 0 Å². The van der Waals surface area contributed by atoms with Crippen LogP contribution in [0, 0.1) is 6.57 Å². The van der Waals surface area contributed by atoms with E-state index in [1.165, 1.54) is 0 Å². The van der Waals surface area contributed by atoms with Gasteiger partial charge in [-0.1, -0.05) is 29.8 Å². The van der Waals surface area contributed by atoms with Crippen molar-refractivity contribution >= 4 is 39.8 Å². The van der Waals surface area contributed by atoms with Crippen molar-refractivity contribution in [2.45, 2.75) is 0 Å². The summed E-state index contributed by atoms with van der Waals surface area (Å²) in [5, 5.41) is 2.44. The highest BCUT2D eigenvalue weighted by atomic mass is 35.5. The third-order valence-electron chi connectivity index (χ3n) is 2.37. The zero-order chi connectivity index (χ0) is 12.3. The molecule has 0 aliphatic carbocycles. The Labute approximate surface area is 109 Å². The lowest BCUT2D eigenvalue weighted by atomic mass is 10.1. The maximum Gasteiger partial charge on any atom is 0.187 e. The Morgan fingerprint density at radius 3 is 2.82 bits per heavy atom. The predicted molar refractivity (Wildman–Crippen MR) is 74.2 cm³/mol. The highest BCUT2D eigenvalue weighted by Gasteiger charge is 2.07. The summed E-state index contributed by atoms with van der Waals surface area (Å²) >= 11 is 7.86. The number of thioether (sulfide) groups is 1. The van der Waals surface area contributed by atoms with Crippen molar-refractivity contribution in [3.8, 4) is 5.75 Å². The second kappa shape index (κ2) is 5.31. The van der Waals surface area contributed by atoms with Crippen LogP contribution in [-0.2, 0) is 0 Å². The van der Waals surface area contributed by atoms with Gasteiger partial charge in [0.15, 0.2) is 5.69 Å². The summed E-state index contributed by atoms with van der Waals surface area (Å²) in [6.45, 7) is 7.00. The Kier molecular flexibility index (Phi) is 3.78. The first-order chi connectivity index (χ1) is 8.26. The second-order valence-corrected chi connectivity index (χ2v) is 4.64. The highest BCUT2D eigenvalue weighted by Crippen LogP contribution is 2.35. The van der Waals surface area contributed by atoms with Gasteiger partial charge in [-0.3, -0.25) is 0 Å². The van der Waals surface area contributed by atoms with E-state index in [1.807, 2.05) is 24.5 Å². The normalized spacial score (nSPS) is 10.2. The summed E-state index contributed by atoms with van der Waals surface area (Å²) in [5.74, 6) is 1.23. The van der Waals surface area contributed by atoms with Gasteiger partial charge in [-0.15, -0.1) is 11.8 Å². The van der Waals surface area contributed by atoms with E-state index in [2.05, 4.69) is 4.85 Å². The highest BCUT2D eigenvalue weighted by molar-refractivity contribution is 7.98. The van der Waals surface area contributed by atoms with Crippen LogP contribution in [0.15, 0.2) is 30.3 Å². The molecule has 0 saturated heterocycles. The molecule has 0 radical (unpaired) electrons. The van der Waals surface area contributed by atoms with Crippen LogP contribution < -0.4 is 4.74 Å². The van der Waals surface area contributed by atoms with Gasteiger partial charge >= 0.3 is 0 Å². The zero-order valence-electron chi connectivity index (χ0n) is 9.24. The van der Waals surface area contributed by atoms with Crippen LogP contribution in [0.25, 0.3) is 15.6 Å². The summed E-state index contributed by atoms with van der Waals surface area (Å²) in [6.07, 6.45) is 1.96.